The Morgan fingerprint density at radius 1 is 1.30 bits per heavy atom. The first kappa shape index (κ1) is 18.9. The summed E-state index contributed by atoms with van der Waals surface area (Å²) >= 11 is 7.02. The van der Waals surface area contributed by atoms with Gasteiger partial charge < -0.3 is 9.88 Å². The van der Waals surface area contributed by atoms with Crippen molar-refractivity contribution < 1.29 is 9.72 Å². The molecule has 0 saturated carbocycles. The minimum Gasteiger partial charge on any atom is -0.322 e. The number of carbonyl (C=O) groups excluding carboxylic acids is 1. The van der Waals surface area contributed by atoms with Gasteiger partial charge in [0.1, 0.15) is 6.33 Å². The van der Waals surface area contributed by atoms with E-state index in [9.17, 15) is 14.9 Å². The summed E-state index contributed by atoms with van der Waals surface area (Å²) in [6, 6.07) is 9.38. The predicted molar refractivity (Wildman–Crippen MR) is 102 cm³/mol. The Kier molecular flexibility index (Phi) is 5.43. The summed E-state index contributed by atoms with van der Waals surface area (Å²) in [6.45, 7) is 1.81. The van der Waals surface area contributed by atoms with Gasteiger partial charge in [-0.3, -0.25) is 14.9 Å². The highest BCUT2D eigenvalue weighted by Gasteiger charge is 2.20. The number of hydrogen-bond acceptors (Lipinski definition) is 6. The molecule has 10 heteroatoms. The Morgan fingerprint density at radius 3 is 2.70 bits per heavy atom. The van der Waals surface area contributed by atoms with E-state index in [1.54, 1.807) is 29.8 Å². The van der Waals surface area contributed by atoms with Crippen LogP contribution in [0.5, 0.6) is 0 Å². The number of nitro benzene ring substituents is 1. The molecule has 3 aromatic rings. The van der Waals surface area contributed by atoms with E-state index in [1.165, 1.54) is 24.5 Å². The van der Waals surface area contributed by atoms with Gasteiger partial charge in [-0.15, -0.1) is 10.2 Å². The molecule has 0 aliphatic carbocycles. The number of halogens is 1. The van der Waals surface area contributed by atoms with Crippen LogP contribution in [0.3, 0.4) is 0 Å². The Bertz CT molecular complexity index is 1040. The lowest BCUT2D eigenvalue weighted by atomic mass is 10.1. The lowest BCUT2D eigenvalue weighted by Gasteiger charge is -2.09. The standard InChI is InChI=1S/C17H14ClN5O3S/c1-10-7-12(18)4-5-13(10)20-16(24)11-3-6-15(14(8-11)23(25)26)27-17-21-19-9-22(17)2/h3-9H,1-2H3,(H,20,24). The fraction of sp³-hybridized carbons (Fsp3) is 0.118. The van der Waals surface area contributed by atoms with Crippen LogP contribution in [0.15, 0.2) is 52.8 Å². The quantitative estimate of drug-likeness (QED) is 0.508. The van der Waals surface area contributed by atoms with Crippen molar-refractivity contribution in [2.24, 2.45) is 7.05 Å². The van der Waals surface area contributed by atoms with Crippen molar-refractivity contribution in [3.8, 4) is 0 Å². The number of nitrogens with one attached hydrogen (secondary N) is 1. The number of nitro groups is 1. The smallest absolute Gasteiger partial charge is 0.284 e. The molecular formula is C17H14ClN5O3S. The number of aryl methyl sites for hydroxylation is 2. The second-order valence-corrected chi connectivity index (χ2v) is 7.12. The van der Waals surface area contributed by atoms with Gasteiger partial charge in [0.25, 0.3) is 11.6 Å². The van der Waals surface area contributed by atoms with Gasteiger partial charge in [0.2, 0.25) is 0 Å². The molecule has 2 aromatic carbocycles. The molecular weight excluding hydrogens is 390 g/mol. The number of aromatic nitrogens is 3. The van der Waals surface area contributed by atoms with Crippen molar-refractivity contribution in [3.05, 3.63) is 69.0 Å². The fourth-order valence-corrected chi connectivity index (χ4v) is 3.39. The van der Waals surface area contributed by atoms with Crippen LogP contribution in [0.25, 0.3) is 0 Å². The predicted octanol–water partition coefficient (Wildman–Crippen LogP) is 4.09. The Labute approximate surface area is 163 Å². The summed E-state index contributed by atoms with van der Waals surface area (Å²) in [5, 5.41) is 22.9. The molecule has 3 rings (SSSR count). The number of nitrogens with zero attached hydrogens (tertiary/aromatic N) is 4. The van der Waals surface area contributed by atoms with Crippen molar-refractivity contribution >= 4 is 40.6 Å². The Hall–Kier alpha value is -2.91. The second kappa shape index (κ2) is 7.77. The molecule has 1 aromatic heterocycles. The normalized spacial score (nSPS) is 10.6. The molecule has 0 unspecified atom stereocenters. The van der Waals surface area contributed by atoms with Gasteiger partial charge in [-0.2, -0.15) is 0 Å². The SMILES string of the molecule is Cc1cc(Cl)ccc1NC(=O)c1ccc(Sc2nncn2C)c([N+](=O)[O-])c1. The number of benzene rings is 2. The summed E-state index contributed by atoms with van der Waals surface area (Å²) in [5.74, 6) is -0.446. The summed E-state index contributed by atoms with van der Waals surface area (Å²) < 4.78 is 1.65. The van der Waals surface area contributed by atoms with Crippen LogP contribution in [0.4, 0.5) is 11.4 Å². The highest BCUT2D eigenvalue weighted by Crippen LogP contribution is 2.34. The van der Waals surface area contributed by atoms with Crippen LogP contribution in [0.1, 0.15) is 15.9 Å². The van der Waals surface area contributed by atoms with Crippen LogP contribution in [0, 0.1) is 17.0 Å². The largest absolute Gasteiger partial charge is 0.322 e. The maximum absolute atomic E-state index is 12.5. The van der Waals surface area contributed by atoms with Crippen LogP contribution in [0.2, 0.25) is 5.02 Å². The summed E-state index contributed by atoms with van der Waals surface area (Å²) in [7, 11) is 1.74. The third-order valence-corrected chi connectivity index (χ3v) is 5.08. The number of anilines is 1. The molecule has 0 saturated heterocycles. The first-order valence-corrected chi connectivity index (χ1v) is 8.92. The van der Waals surface area contributed by atoms with E-state index in [0.29, 0.717) is 20.8 Å². The van der Waals surface area contributed by atoms with E-state index in [-0.39, 0.29) is 11.3 Å². The average molecular weight is 404 g/mol. The monoisotopic (exact) mass is 403 g/mol. The lowest BCUT2D eigenvalue weighted by Crippen LogP contribution is -2.13. The van der Waals surface area contributed by atoms with Gasteiger partial charge in [-0.05, 0) is 54.6 Å². The van der Waals surface area contributed by atoms with Gasteiger partial charge in [0, 0.05) is 29.4 Å². The van der Waals surface area contributed by atoms with E-state index in [0.717, 1.165) is 17.3 Å². The van der Waals surface area contributed by atoms with Crippen molar-refractivity contribution in [1.82, 2.24) is 14.8 Å². The zero-order valence-corrected chi connectivity index (χ0v) is 15.9. The zero-order chi connectivity index (χ0) is 19.6. The van der Waals surface area contributed by atoms with Gasteiger partial charge in [0.05, 0.1) is 9.82 Å². The molecule has 1 heterocycles. The van der Waals surface area contributed by atoms with Gasteiger partial charge in [-0.1, -0.05) is 11.6 Å². The first-order valence-electron chi connectivity index (χ1n) is 7.73. The molecule has 0 spiro atoms. The van der Waals surface area contributed by atoms with Gasteiger partial charge >= 0.3 is 0 Å². The lowest BCUT2D eigenvalue weighted by molar-refractivity contribution is -0.387. The molecule has 0 atom stereocenters. The van der Waals surface area contributed by atoms with Crippen LogP contribution < -0.4 is 5.32 Å². The van der Waals surface area contributed by atoms with E-state index >= 15 is 0 Å². The maximum atomic E-state index is 12.5. The minimum atomic E-state index is -0.525. The third-order valence-electron chi connectivity index (χ3n) is 3.73. The highest BCUT2D eigenvalue weighted by atomic mass is 35.5. The molecule has 27 heavy (non-hydrogen) atoms. The Balaban J connectivity index is 1.88. The molecule has 0 radical (unpaired) electrons. The molecule has 1 N–H and O–H groups in total. The van der Waals surface area contributed by atoms with E-state index in [1.807, 2.05) is 6.92 Å². The summed E-state index contributed by atoms with van der Waals surface area (Å²) in [5.41, 5.74) is 1.38. The van der Waals surface area contributed by atoms with Crippen molar-refractivity contribution in [2.45, 2.75) is 17.0 Å². The summed E-state index contributed by atoms with van der Waals surface area (Å²) in [4.78, 5) is 23.8. The molecule has 0 fully saturated rings. The average Bonchev–Trinajstić information content (AvgIpc) is 3.02. The first-order chi connectivity index (χ1) is 12.8. The number of hydrogen-bond donors (Lipinski definition) is 1. The molecule has 0 bridgehead atoms. The zero-order valence-electron chi connectivity index (χ0n) is 14.3. The van der Waals surface area contributed by atoms with E-state index in [2.05, 4.69) is 15.5 Å². The van der Waals surface area contributed by atoms with Crippen molar-refractivity contribution in [2.75, 3.05) is 5.32 Å². The molecule has 138 valence electrons. The second-order valence-electron chi connectivity index (χ2n) is 5.68. The Morgan fingerprint density at radius 2 is 2.07 bits per heavy atom. The molecule has 0 aliphatic rings. The highest BCUT2D eigenvalue weighted by molar-refractivity contribution is 7.99. The maximum Gasteiger partial charge on any atom is 0.284 e. The van der Waals surface area contributed by atoms with Gasteiger partial charge in [0.15, 0.2) is 5.16 Å². The van der Waals surface area contributed by atoms with Crippen LogP contribution in [-0.4, -0.2) is 25.6 Å². The molecule has 0 aliphatic heterocycles. The topological polar surface area (TPSA) is 103 Å². The van der Waals surface area contributed by atoms with Crippen molar-refractivity contribution in [1.29, 1.82) is 0 Å². The summed E-state index contributed by atoms with van der Waals surface area (Å²) in [6.07, 6.45) is 1.50. The van der Waals surface area contributed by atoms with E-state index < -0.39 is 10.8 Å². The number of rotatable bonds is 5. The van der Waals surface area contributed by atoms with Crippen molar-refractivity contribution in [3.63, 3.8) is 0 Å². The minimum absolute atomic E-state index is 0.177. The van der Waals surface area contributed by atoms with E-state index in [4.69, 9.17) is 11.6 Å². The number of amides is 1. The molecule has 1 amide bonds. The number of carbonyl (C=O) groups is 1. The molecule has 8 nitrogen and oxygen atoms in total. The van der Waals surface area contributed by atoms with Gasteiger partial charge in [-0.25, -0.2) is 0 Å². The third kappa shape index (κ3) is 4.26. The van der Waals surface area contributed by atoms with Crippen LogP contribution >= 0.6 is 23.4 Å². The van der Waals surface area contributed by atoms with Crippen LogP contribution in [-0.2, 0) is 7.05 Å². The fourth-order valence-electron chi connectivity index (χ4n) is 2.31.